The van der Waals surface area contributed by atoms with Crippen molar-refractivity contribution in [2.75, 3.05) is 0 Å². The van der Waals surface area contributed by atoms with E-state index in [1.807, 2.05) is 18.2 Å². The van der Waals surface area contributed by atoms with Crippen molar-refractivity contribution >= 4 is 21.7 Å². The summed E-state index contributed by atoms with van der Waals surface area (Å²) in [4.78, 5) is 15.8. The van der Waals surface area contributed by atoms with Crippen molar-refractivity contribution in [1.82, 2.24) is 15.0 Å². The van der Waals surface area contributed by atoms with E-state index in [2.05, 4.69) is 194 Å². The molecule has 0 radical (unpaired) electrons. The molecule has 0 spiro atoms. The molecule has 56 heavy (non-hydrogen) atoms. The largest absolute Gasteiger partial charge is 0.247 e. The quantitative estimate of drug-likeness (QED) is 0.154. The summed E-state index contributed by atoms with van der Waals surface area (Å²) in [7, 11) is 0. The molecule has 3 heteroatoms. The molecular formula is C53H35N3. The van der Waals surface area contributed by atoms with E-state index in [1.165, 1.54) is 16.5 Å². The summed E-state index contributed by atoms with van der Waals surface area (Å²) in [6.45, 7) is 0. The van der Waals surface area contributed by atoms with Crippen LogP contribution in [-0.4, -0.2) is 15.0 Å². The summed E-state index contributed by atoms with van der Waals surface area (Å²) in [6.07, 6.45) is 0. The first-order chi connectivity index (χ1) is 27.7. The Bertz CT molecular complexity index is 2920. The first-order valence-corrected chi connectivity index (χ1v) is 18.9. The molecule has 3 nitrogen and oxygen atoms in total. The number of rotatable bonds is 7. The number of nitrogens with zero attached hydrogens (tertiary/aromatic N) is 3. The Balaban J connectivity index is 1.22. The Morgan fingerprint density at radius 1 is 0.268 bits per heavy atom. The fraction of sp³-hybridized carbons (Fsp3) is 0. The lowest BCUT2D eigenvalue weighted by Crippen LogP contribution is -1.97. The van der Waals surface area contributed by atoms with E-state index in [0.717, 1.165) is 77.9 Å². The Hall–Kier alpha value is -7.49. The zero-order chi connectivity index (χ0) is 37.3. The average Bonchev–Trinajstić information content (AvgIpc) is 3.29. The molecule has 0 aliphatic carbocycles. The maximum Gasteiger partial charge on any atom is 0.160 e. The number of benzene rings is 8. The van der Waals surface area contributed by atoms with Gasteiger partial charge in [-0.25, -0.2) is 15.0 Å². The molecule has 2 heterocycles. The Morgan fingerprint density at radius 3 is 1.36 bits per heavy atom. The molecule has 10 rings (SSSR count). The first-order valence-electron chi connectivity index (χ1n) is 18.9. The van der Waals surface area contributed by atoms with Crippen LogP contribution in [0.4, 0.5) is 0 Å². The van der Waals surface area contributed by atoms with Crippen molar-refractivity contribution in [2.45, 2.75) is 0 Å². The minimum Gasteiger partial charge on any atom is -0.247 e. The van der Waals surface area contributed by atoms with E-state index in [9.17, 15) is 0 Å². The summed E-state index contributed by atoms with van der Waals surface area (Å²) in [6, 6.07) is 74.5. The van der Waals surface area contributed by atoms with Crippen LogP contribution in [-0.2, 0) is 0 Å². The predicted octanol–water partition coefficient (Wildman–Crippen LogP) is 13.8. The van der Waals surface area contributed by atoms with Crippen molar-refractivity contribution < 1.29 is 0 Å². The van der Waals surface area contributed by atoms with Crippen molar-refractivity contribution in [3.8, 4) is 78.5 Å². The van der Waals surface area contributed by atoms with Crippen LogP contribution >= 0.6 is 0 Å². The van der Waals surface area contributed by atoms with Gasteiger partial charge in [0.1, 0.15) is 0 Å². The molecule has 0 bridgehead atoms. The third kappa shape index (κ3) is 6.31. The first kappa shape index (κ1) is 33.1. The number of fused-ring (bicyclic) bond motifs is 3. The number of aromatic nitrogens is 3. The van der Waals surface area contributed by atoms with Crippen molar-refractivity contribution in [3.05, 3.63) is 212 Å². The van der Waals surface area contributed by atoms with Crippen molar-refractivity contribution in [1.29, 1.82) is 0 Å². The summed E-state index contributed by atoms with van der Waals surface area (Å²) in [5, 5.41) is 3.36. The smallest absolute Gasteiger partial charge is 0.160 e. The molecule has 0 unspecified atom stereocenters. The minimum atomic E-state index is 0.678. The summed E-state index contributed by atoms with van der Waals surface area (Å²) in [5.41, 5.74) is 14.6. The minimum absolute atomic E-state index is 0.678. The molecule has 8 aromatic carbocycles. The number of hydrogen-bond donors (Lipinski definition) is 0. The van der Waals surface area contributed by atoms with Gasteiger partial charge in [0.15, 0.2) is 5.82 Å². The molecular weight excluding hydrogens is 679 g/mol. The highest BCUT2D eigenvalue weighted by atomic mass is 14.9. The van der Waals surface area contributed by atoms with Gasteiger partial charge < -0.3 is 0 Å². The maximum absolute atomic E-state index is 5.32. The van der Waals surface area contributed by atoms with E-state index < -0.39 is 0 Å². The highest BCUT2D eigenvalue weighted by Crippen LogP contribution is 2.41. The van der Waals surface area contributed by atoms with Crippen LogP contribution < -0.4 is 0 Å². The Morgan fingerprint density at radius 2 is 0.768 bits per heavy atom. The Kier molecular flexibility index (Phi) is 8.51. The second-order valence-corrected chi connectivity index (χ2v) is 14.0. The van der Waals surface area contributed by atoms with Crippen LogP contribution in [0.3, 0.4) is 0 Å². The molecule has 0 aliphatic heterocycles. The highest BCUT2D eigenvalue weighted by molar-refractivity contribution is 6.17. The second kappa shape index (κ2) is 14.4. The van der Waals surface area contributed by atoms with Gasteiger partial charge in [0, 0.05) is 38.4 Å². The Labute approximate surface area is 326 Å². The van der Waals surface area contributed by atoms with Crippen LogP contribution in [0.25, 0.3) is 100 Å². The third-order valence-electron chi connectivity index (χ3n) is 10.4. The van der Waals surface area contributed by atoms with Gasteiger partial charge in [-0.1, -0.05) is 176 Å². The maximum atomic E-state index is 5.32. The van der Waals surface area contributed by atoms with Crippen LogP contribution in [0.1, 0.15) is 0 Å². The zero-order valence-corrected chi connectivity index (χ0v) is 30.5. The van der Waals surface area contributed by atoms with Crippen molar-refractivity contribution in [2.24, 2.45) is 0 Å². The standard InChI is InChI=1S/C53H35N3/c1-6-17-36(18-7-1)42-31-43(37-19-8-2-9-20-37)33-44(32-42)50-35-49(55-53(56-50)40-25-14-5-15-26-40)41-29-30-48-47(34-41)51-45(38-21-10-3-11-22-38)27-16-28-46(51)52(54-48)39-23-12-4-13-24-39/h1-35H. The summed E-state index contributed by atoms with van der Waals surface area (Å²) in [5.74, 6) is 0.678. The number of hydrogen-bond acceptors (Lipinski definition) is 3. The van der Waals surface area contributed by atoms with Gasteiger partial charge in [-0.05, 0) is 69.8 Å². The lowest BCUT2D eigenvalue weighted by atomic mass is 9.92. The zero-order valence-electron chi connectivity index (χ0n) is 30.5. The van der Waals surface area contributed by atoms with E-state index in [4.69, 9.17) is 15.0 Å². The molecule has 10 aromatic rings. The monoisotopic (exact) mass is 713 g/mol. The van der Waals surface area contributed by atoms with Crippen LogP contribution in [0.15, 0.2) is 212 Å². The summed E-state index contributed by atoms with van der Waals surface area (Å²) >= 11 is 0. The SMILES string of the molecule is c1ccc(-c2cc(-c3ccccc3)cc(-c3cc(-c4ccc5nc(-c6ccccc6)c6cccc(-c7ccccc7)c6c5c4)nc(-c4ccccc4)n3)c2)cc1. The van der Waals surface area contributed by atoms with Crippen LogP contribution in [0.2, 0.25) is 0 Å². The lowest BCUT2D eigenvalue weighted by Gasteiger charge is -2.16. The van der Waals surface area contributed by atoms with E-state index in [1.54, 1.807) is 0 Å². The molecule has 2 aromatic heterocycles. The van der Waals surface area contributed by atoms with Gasteiger partial charge in [0.25, 0.3) is 0 Å². The molecule has 0 N–H and O–H groups in total. The molecule has 0 aliphatic rings. The molecule has 0 saturated heterocycles. The molecule has 0 fully saturated rings. The van der Waals surface area contributed by atoms with E-state index in [0.29, 0.717) is 5.82 Å². The van der Waals surface area contributed by atoms with Gasteiger partial charge in [0.05, 0.1) is 22.6 Å². The van der Waals surface area contributed by atoms with Gasteiger partial charge in [-0.15, -0.1) is 0 Å². The average molecular weight is 714 g/mol. The van der Waals surface area contributed by atoms with E-state index >= 15 is 0 Å². The van der Waals surface area contributed by atoms with Gasteiger partial charge in [-0.3, -0.25) is 0 Å². The van der Waals surface area contributed by atoms with Gasteiger partial charge in [0.2, 0.25) is 0 Å². The second-order valence-electron chi connectivity index (χ2n) is 14.0. The lowest BCUT2D eigenvalue weighted by molar-refractivity contribution is 1.18. The molecule has 262 valence electrons. The molecule has 0 amide bonds. The fourth-order valence-electron chi connectivity index (χ4n) is 7.72. The van der Waals surface area contributed by atoms with Crippen molar-refractivity contribution in [3.63, 3.8) is 0 Å². The third-order valence-corrected chi connectivity index (χ3v) is 10.4. The normalized spacial score (nSPS) is 11.2. The van der Waals surface area contributed by atoms with Gasteiger partial charge in [-0.2, -0.15) is 0 Å². The topological polar surface area (TPSA) is 38.7 Å². The van der Waals surface area contributed by atoms with Crippen LogP contribution in [0.5, 0.6) is 0 Å². The number of pyridine rings is 1. The fourth-order valence-corrected chi connectivity index (χ4v) is 7.72. The van der Waals surface area contributed by atoms with Gasteiger partial charge >= 0.3 is 0 Å². The molecule has 0 atom stereocenters. The summed E-state index contributed by atoms with van der Waals surface area (Å²) < 4.78 is 0. The predicted molar refractivity (Wildman–Crippen MR) is 233 cm³/mol. The highest BCUT2D eigenvalue weighted by Gasteiger charge is 2.18. The van der Waals surface area contributed by atoms with E-state index in [-0.39, 0.29) is 0 Å². The van der Waals surface area contributed by atoms with Crippen LogP contribution in [0, 0.1) is 0 Å². The molecule has 0 saturated carbocycles.